The summed E-state index contributed by atoms with van der Waals surface area (Å²) in [5, 5.41) is 7.34. The second-order valence-corrected chi connectivity index (χ2v) is 5.29. The lowest BCUT2D eigenvalue weighted by Gasteiger charge is -2.05. The fraction of sp³-hybridized carbons (Fsp3) is 0.176. The van der Waals surface area contributed by atoms with Crippen molar-refractivity contribution in [3.05, 3.63) is 59.0 Å². The Balaban J connectivity index is 1.84. The van der Waals surface area contributed by atoms with Gasteiger partial charge in [-0.25, -0.2) is 4.39 Å². The molecule has 22 heavy (non-hydrogen) atoms. The fourth-order valence-corrected chi connectivity index (χ4v) is 2.48. The number of rotatable bonds is 3. The molecule has 0 aliphatic heterocycles. The largest absolute Gasteiger partial charge is 0.356 e. The molecule has 112 valence electrons. The molecule has 0 saturated heterocycles. The van der Waals surface area contributed by atoms with Gasteiger partial charge in [-0.1, -0.05) is 23.4 Å². The summed E-state index contributed by atoms with van der Waals surface area (Å²) in [6, 6.07) is 9.98. The van der Waals surface area contributed by atoms with E-state index in [0.717, 1.165) is 16.5 Å². The molecule has 4 nitrogen and oxygen atoms in total. The maximum atomic E-state index is 13.5. The van der Waals surface area contributed by atoms with Gasteiger partial charge in [0.15, 0.2) is 5.58 Å². The van der Waals surface area contributed by atoms with Gasteiger partial charge in [-0.2, -0.15) is 0 Å². The van der Waals surface area contributed by atoms with Crippen molar-refractivity contribution in [3.63, 3.8) is 0 Å². The van der Waals surface area contributed by atoms with Crippen LogP contribution in [0.1, 0.15) is 16.8 Å². The van der Waals surface area contributed by atoms with E-state index < -0.39 is 5.82 Å². The van der Waals surface area contributed by atoms with Crippen molar-refractivity contribution < 1.29 is 13.7 Å². The van der Waals surface area contributed by atoms with Gasteiger partial charge in [0, 0.05) is 5.39 Å². The molecule has 1 amide bonds. The van der Waals surface area contributed by atoms with Crippen molar-refractivity contribution in [2.24, 2.45) is 0 Å². The molecule has 3 aromatic rings. The van der Waals surface area contributed by atoms with Crippen LogP contribution in [0.5, 0.6) is 0 Å². The van der Waals surface area contributed by atoms with Crippen LogP contribution in [0, 0.1) is 19.7 Å². The normalized spacial score (nSPS) is 10.9. The molecule has 5 heteroatoms. The maximum absolute atomic E-state index is 13.5. The number of amides is 1. The number of aromatic nitrogens is 1. The molecular weight excluding hydrogens is 283 g/mol. The number of aryl methyl sites for hydroxylation is 2. The van der Waals surface area contributed by atoms with Crippen LogP contribution >= 0.6 is 0 Å². The molecule has 0 spiro atoms. The molecule has 0 saturated carbocycles. The molecule has 0 aliphatic carbocycles. The molecule has 2 aromatic carbocycles. The number of hydrogen-bond acceptors (Lipinski definition) is 3. The summed E-state index contributed by atoms with van der Waals surface area (Å²) in [5.41, 5.74) is 3.44. The van der Waals surface area contributed by atoms with Crippen molar-refractivity contribution in [2.75, 3.05) is 5.32 Å². The molecule has 0 fully saturated rings. The third kappa shape index (κ3) is 2.70. The SMILES string of the molecule is Cc1cc(C)c2onc(CC(=O)Nc3ccccc3F)c2c1. The molecule has 1 N–H and O–H groups in total. The highest BCUT2D eigenvalue weighted by Gasteiger charge is 2.15. The van der Waals surface area contributed by atoms with Crippen molar-refractivity contribution >= 4 is 22.6 Å². The van der Waals surface area contributed by atoms with Crippen LogP contribution in [0.25, 0.3) is 11.0 Å². The predicted molar refractivity (Wildman–Crippen MR) is 82.2 cm³/mol. The number of anilines is 1. The number of carbonyl (C=O) groups excluding carboxylic acids is 1. The first-order valence-electron chi connectivity index (χ1n) is 6.94. The molecule has 0 unspecified atom stereocenters. The van der Waals surface area contributed by atoms with Gasteiger partial charge in [-0.3, -0.25) is 4.79 Å². The lowest BCUT2D eigenvalue weighted by Crippen LogP contribution is -2.15. The highest BCUT2D eigenvalue weighted by atomic mass is 19.1. The average molecular weight is 298 g/mol. The molecule has 1 aromatic heterocycles. The van der Waals surface area contributed by atoms with Gasteiger partial charge in [0.05, 0.1) is 12.1 Å². The van der Waals surface area contributed by atoms with E-state index in [-0.39, 0.29) is 18.0 Å². The standard InChI is InChI=1S/C17H15FN2O2/c1-10-7-11(2)17-12(8-10)15(20-22-17)9-16(21)19-14-6-4-3-5-13(14)18/h3-8H,9H2,1-2H3,(H,19,21). The monoisotopic (exact) mass is 298 g/mol. The number of halogens is 1. The van der Waals surface area contributed by atoms with Crippen molar-refractivity contribution in [3.8, 4) is 0 Å². The zero-order chi connectivity index (χ0) is 15.7. The van der Waals surface area contributed by atoms with E-state index in [9.17, 15) is 9.18 Å². The number of hydrogen-bond donors (Lipinski definition) is 1. The lowest BCUT2D eigenvalue weighted by molar-refractivity contribution is -0.115. The quantitative estimate of drug-likeness (QED) is 0.801. The summed E-state index contributed by atoms with van der Waals surface area (Å²) in [6.07, 6.45) is 0.0320. The molecular formula is C17H15FN2O2. The van der Waals surface area contributed by atoms with E-state index in [1.54, 1.807) is 12.1 Å². The Morgan fingerprint density at radius 1 is 1.27 bits per heavy atom. The Morgan fingerprint density at radius 3 is 2.82 bits per heavy atom. The van der Waals surface area contributed by atoms with E-state index in [1.807, 2.05) is 26.0 Å². The van der Waals surface area contributed by atoms with Gasteiger partial charge in [0.2, 0.25) is 5.91 Å². The van der Waals surface area contributed by atoms with E-state index in [4.69, 9.17) is 4.52 Å². The van der Waals surface area contributed by atoms with Crippen LogP contribution in [-0.2, 0) is 11.2 Å². The average Bonchev–Trinajstić information content (AvgIpc) is 2.85. The minimum Gasteiger partial charge on any atom is -0.356 e. The van der Waals surface area contributed by atoms with E-state index in [0.29, 0.717) is 11.3 Å². The van der Waals surface area contributed by atoms with Crippen LogP contribution in [0.2, 0.25) is 0 Å². The van der Waals surface area contributed by atoms with Gasteiger partial charge >= 0.3 is 0 Å². The molecule has 0 aliphatic rings. The number of nitrogens with one attached hydrogen (secondary N) is 1. The van der Waals surface area contributed by atoms with Crippen LogP contribution in [0.15, 0.2) is 40.9 Å². The van der Waals surface area contributed by atoms with E-state index in [1.165, 1.54) is 12.1 Å². The number of fused-ring (bicyclic) bond motifs is 1. The van der Waals surface area contributed by atoms with Gasteiger partial charge in [0.25, 0.3) is 0 Å². The first-order valence-corrected chi connectivity index (χ1v) is 6.94. The zero-order valence-corrected chi connectivity index (χ0v) is 12.3. The van der Waals surface area contributed by atoms with Crippen molar-refractivity contribution in [1.82, 2.24) is 5.16 Å². The highest BCUT2D eigenvalue weighted by Crippen LogP contribution is 2.24. The van der Waals surface area contributed by atoms with Crippen LogP contribution in [-0.4, -0.2) is 11.1 Å². The molecule has 3 rings (SSSR count). The Labute approximate surface area is 126 Å². The van der Waals surface area contributed by atoms with Gasteiger partial charge in [-0.15, -0.1) is 0 Å². The maximum Gasteiger partial charge on any atom is 0.230 e. The molecule has 0 bridgehead atoms. The van der Waals surface area contributed by atoms with Gasteiger partial charge in [-0.05, 0) is 43.2 Å². The number of carbonyl (C=O) groups is 1. The fourth-order valence-electron chi connectivity index (χ4n) is 2.48. The Kier molecular flexibility index (Phi) is 3.63. The Bertz CT molecular complexity index is 855. The van der Waals surface area contributed by atoms with E-state index >= 15 is 0 Å². The summed E-state index contributed by atoms with van der Waals surface area (Å²) in [6.45, 7) is 3.91. The first kappa shape index (κ1) is 14.3. The van der Waals surface area contributed by atoms with Crippen LogP contribution in [0.3, 0.4) is 0 Å². The number of benzene rings is 2. The van der Waals surface area contributed by atoms with Crippen LogP contribution in [0.4, 0.5) is 10.1 Å². The highest BCUT2D eigenvalue weighted by molar-refractivity contribution is 5.95. The summed E-state index contributed by atoms with van der Waals surface area (Å²) in [7, 11) is 0. The Morgan fingerprint density at radius 2 is 2.05 bits per heavy atom. The smallest absolute Gasteiger partial charge is 0.230 e. The van der Waals surface area contributed by atoms with Gasteiger partial charge < -0.3 is 9.84 Å². The molecule has 0 atom stereocenters. The third-order valence-corrected chi connectivity index (χ3v) is 3.45. The van der Waals surface area contributed by atoms with Gasteiger partial charge in [0.1, 0.15) is 11.5 Å². The van der Waals surface area contributed by atoms with E-state index in [2.05, 4.69) is 10.5 Å². The number of para-hydroxylation sites is 1. The Hall–Kier alpha value is -2.69. The second-order valence-electron chi connectivity index (χ2n) is 5.29. The lowest BCUT2D eigenvalue weighted by atomic mass is 10.1. The summed E-state index contributed by atoms with van der Waals surface area (Å²) in [4.78, 5) is 12.1. The molecule has 0 radical (unpaired) electrons. The topological polar surface area (TPSA) is 55.1 Å². The third-order valence-electron chi connectivity index (χ3n) is 3.45. The first-order chi connectivity index (χ1) is 10.5. The summed E-state index contributed by atoms with van der Waals surface area (Å²) >= 11 is 0. The zero-order valence-electron chi connectivity index (χ0n) is 12.3. The second kappa shape index (κ2) is 5.60. The van der Waals surface area contributed by atoms with Crippen LogP contribution < -0.4 is 5.32 Å². The van der Waals surface area contributed by atoms with Crippen molar-refractivity contribution in [2.45, 2.75) is 20.3 Å². The summed E-state index contributed by atoms with van der Waals surface area (Å²) in [5.74, 6) is -0.799. The summed E-state index contributed by atoms with van der Waals surface area (Å²) < 4.78 is 18.8. The minimum absolute atomic E-state index is 0.0320. The number of nitrogens with zero attached hydrogens (tertiary/aromatic N) is 1. The van der Waals surface area contributed by atoms with Crippen molar-refractivity contribution in [1.29, 1.82) is 0 Å². The molecule has 1 heterocycles. The minimum atomic E-state index is -0.465. The predicted octanol–water partition coefficient (Wildman–Crippen LogP) is 3.76.